The molecule has 2 aromatic rings. The van der Waals surface area contributed by atoms with Crippen molar-refractivity contribution in [2.24, 2.45) is 11.7 Å². The minimum absolute atomic E-state index is 0.174. The summed E-state index contributed by atoms with van der Waals surface area (Å²) >= 11 is 0. The summed E-state index contributed by atoms with van der Waals surface area (Å²) in [6.45, 7) is 4.05. The molecular formula is C33H49N11O10S. The van der Waals surface area contributed by atoms with Gasteiger partial charge in [-0.2, -0.15) is 0 Å². The maximum atomic E-state index is 12.7. The van der Waals surface area contributed by atoms with Crippen molar-refractivity contribution >= 4 is 45.8 Å². The minimum atomic E-state index is -3.48. The third kappa shape index (κ3) is 19.9. The molecule has 22 heteroatoms. The maximum Gasteiger partial charge on any atom is 0.312 e. The summed E-state index contributed by atoms with van der Waals surface area (Å²) < 4.78 is 35.1. The number of sulfone groups is 1. The largest absolute Gasteiger partial charge is 0.378 e. The lowest BCUT2D eigenvalue weighted by molar-refractivity contribution is -0.135. The zero-order valence-electron chi connectivity index (χ0n) is 31.0. The summed E-state index contributed by atoms with van der Waals surface area (Å²) in [5.74, 6) is 3.59. The van der Waals surface area contributed by atoms with E-state index in [4.69, 9.17) is 15.2 Å². The fourth-order valence-electron chi connectivity index (χ4n) is 4.42. The van der Waals surface area contributed by atoms with Gasteiger partial charge in [-0.1, -0.05) is 30.9 Å². The number of aldehydes is 1. The Morgan fingerprint density at radius 1 is 0.945 bits per heavy atom. The number of rotatable bonds is 25. The van der Waals surface area contributed by atoms with Gasteiger partial charge in [-0.15, -0.1) is 5.10 Å². The van der Waals surface area contributed by atoms with Crippen LogP contribution >= 0.6 is 0 Å². The van der Waals surface area contributed by atoms with Crippen LogP contribution in [0.5, 0.6) is 0 Å². The molecule has 0 unspecified atom stereocenters. The normalized spacial score (nSPS) is 12.1. The van der Waals surface area contributed by atoms with E-state index < -0.39 is 58.9 Å². The topological polar surface area (TPSA) is 298 Å². The Morgan fingerprint density at radius 3 is 2.35 bits per heavy atom. The van der Waals surface area contributed by atoms with Crippen LogP contribution < -0.4 is 32.3 Å². The van der Waals surface area contributed by atoms with Crippen LogP contribution in [0.15, 0.2) is 23.7 Å². The number of hydrogen-bond acceptors (Lipinski definition) is 14. The Bertz CT molecular complexity index is 1740. The van der Waals surface area contributed by atoms with Crippen LogP contribution in [0.2, 0.25) is 0 Å². The van der Waals surface area contributed by atoms with Crippen molar-refractivity contribution in [1.29, 1.82) is 0 Å². The van der Waals surface area contributed by atoms with Gasteiger partial charge >= 0.3 is 6.03 Å². The SMILES string of the molecule is CC(C)[C@H](NC(=O)COCC(=O)NCCOCCn1cc(CNC(=O)CCCC#Cc2cnc(S(C)(=O)=O)nc2)nn1)C(=O)N[C@H](C=O)CCCNC(N)=O. The first-order chi connectivity index (χ1) is 26.2. The fourth-order valence-corrected chi connectivity index (χ4v) is 4.91. The predicted molar refractivity (Wildman–Crippen MR) is 194 cm³/mol. The number of nitrogens with zero attached hydrogens (tertiary/aromatic N) is 5. The molecule has 302 valence electrons. The van der Waals surface area contributed by atoms with Gasteiger partial charge in [-0.3, -0.25) is 19.2 Å². The summed E-state index contributed by atoms with van der Waals surface area (Å²) in [5, 5.41) is 20.6. The van der Waals surface area contributed by atoms with Crippen LogP contribution in [0.3, 0.4) is 0 Å². The molecule has 0 aliphatic rings. The Kier molecular flexibility index (Phi) is 20.5. The average Bonchev–Trinajstić information content (AvgIpc) is 3.59. The van der Waals surface area contributed by atoms with E-state index in [2.05, 4.69) is 58.7 Å². The molecule has 2 rings (SSSR count). The molecule has 0 aliphatic carbocycles. The summed E-state index contributed by atoms with van der Waals surface area (Å²) in [5.41, 5.74) is 6.03. The highest BCUT2D eigenvalue weighted by Gasteiger charge is 2.26. The Morgan fingerprint density at radius 2 is 1.67 bits per heavy atom. The van der Waals surface area contributed by atoms with Crippen molar-refractivity contribution in [3.05, 3.63) is 29.8 Å². The van der Waals surface area contributed by atoms with Gasteiger partial charge in [0.1, 0.15) is 31.2 Å². The molecule has 2 aromatic heterocycles. The van der Waals surface area contributed by atoms with Crippen molar-refractivity contribution < 1.29 is 46.7 Å². The highest BCUT2D eigenvalue weighted by Crippen LogP contribution is 2.05. The van der Waals surface area contributed by atoms with Gasteiger partial charge in [0.2, 0.25) is 38.6 Å². The lowest BCUT2D eigenvalue weighted by Crippen LogP contribution is -2.53. The van der Waals surface area contributed by atoms with Gasteiger partial charge in [0.15, 0.2) is 0 Å². The Hall–Kier alpha value is -5.53. The number of carbonyl (C=O) groups excluding carboxylic acids is 6. The van der Waals surface area contributed by atoms with Crippen molar-refractivity contribution in [3.63, 3.8) is 0 Å². The number of carbonyl (C=O) groups is 6. The van der Waals surface area contributed by atoms with Crippen molar-refractivity contribution in [3.8, 4) is 11.8 Å². The van der Waals surface area contributed by atoms with E-state index in [9.17, 15) is 37.2 Å². The van der Waals surface area contributed by atoms with Crippen molar-refractivity contribution in [1.82, 2.24) is 51.5 Å². The first kappa shape index (κ1) is 45.6. The lowest BCUT2D eigenvalue weighted by Gasteiger charge is -2.23. The van der Waals surface area contributed by atoms with E-state index >= 15 is 0 Å². The molecule has 2 heterocycles. The standard InChI is InChI=1S/C33H49N11O10S/c1-23(2)30(31(49)40-25(20-45)9-7-11-36-32(34)50)41-29(48)22-54-21-28(47)35-12-14-53-15-13-44-19-26(42-43-44)18-37-27(46)10-6-4-5-8-24-16-38-33(39-17-24)55(3,51)52/h16-17,19-20,23,25,30H,4,6-7,9-15,18,21-22H2,1-3H3,(H,35,47)(H,37,46)(H,40,49)(H,41,48)(H3,34,36,50)/t25-,30-/m0/s1. The number of urea groups is 1. The van der Waals surface area contributed by atoms with Crippen molar-refractivity contribution in [2.45, 2.75) is 76.3 Å². The second kappa shape index (κ2) is 24.7. The van der Waals surface area contributed by atoms with Crippen LogP contribution in [0.4, 0.5) is 4.79 Å². The molecule has 0 aliphatic heterocycles. The molecule has 0 saturated carbocycles. The first-order valence-corrected chi connectivity index (χ1v) is 19.2. The molecule has 0 spiro atoms. The Balaban J connectivity index is 1.54. The number of nitrogens with two attached hydrogens (primary N) is 1. The highest BCUT2D eigenvalue weighted by molar-refractivity contribution is 7.90. The van der Waals surface area contributed by atoms with Gasteiger partial charge in [0, 0.05) is 44.6 Å². The molecule has 0 saturated heterocycles. The fraction of sp³-hybridized carbons (Fsp3) is 0.576. The van der Waals surface area contributed by atoms with E-state index in [1.165, 1.54) is 12.4 Å². The zero-order chi connectivity index (χ0) is 40.6. The number of ether oxygens (including phenoxy) is 2. The molecule has 7 N–H and O–H groups in total. The summed E-state index contributed by atoms with van der Waals surface area (Å²) in [6, 6.07) is -2.46. The van der Waals surface area contributed by atoms with Crippen LogP contribution in [0.1, 0.15) is 57.2 Å². The third-order valence-corrected chi connectivity index (χ3v) is 8.07. The van der Waals surface area contributed by atoms with Crippen molar-refractivity contribution in [2.75, 3.05) is 45.8 Å². The van der Waals surface area contributed by atoms with E-state index in [0.717, 1.165) is 6.26 Å². The number of primary amides is 1. The third-order valence-electron chi connectivity index (χ3n) is 7.20. The number of hydrogen-bond donors (Lipinski definition) is 6. The van der Waals surface area contributed by atoms with E-state index in [0.29, 0.717) is 43.4 Å². The quantitative estimate of drug-likeness (QED) is 0.0268. The number of nitrogens with one attached hydrogen (secondary N) is 5. The maximum absolute atomic E-state index is 12.7. The smallest absolute Gasteiger partial charge is 0.312 e. The molecule has 55 heavy (non-hydrogen) atoms. The second-order valence-electron chi connectivity index (χ2n) is 12.4. The lowest BCUT2D eigenvalue weighted by atomic mass is 10.0. The van der Waals surface area contributed by atoms with E-state index in [1.807, 2.05) is 0 Å². The monoisotopic (exact) mass is 791 g/mol. The molecular weight excluding hydrogens is 742 g/mol. The van der Waals surface area contributed by atoms with Gasteiger partial charge in [-0.05, 0) is 25.2 Å². The van der Waals surface area contributed by atoms with Gasteiger partial charge in [-0.25, -0.2) is 27.9 Å². The summed E-state index contributed by atoms with van der Waals surface area (Å²) in [6.07, 6.45) is 7.82. The minimum Gasteiger partial charge on any atom is -0.378 e. The predicted octanol–water partition coefficient (Wildman–Crippen LogP) is -2.27. The molecule has 0 bridgehead atoms. The van der Waals surface area contributed by atoms with Gasteiger partial charge in [0.25, 0.3) is 0 Å². The first-order valence-electron chi connectivity index (χ1n) is 17.3. The molecule has 0 aromatic carbocycles. The molecule has 0 fully saturated rings. The average molecular weight is 792 g/mol. The second-order valence-corrected chi connectivity index (χ2v) is 14.3. The van der Waals surface area contributed by atoms with E-state index in [1.54, 1.807) is 24.7 Å². The van der Waals surface area contributed by atoms with E-state index in [-0.39, 0.29) is 62.7 Å². The molecule has 2 atom stereocenters. The summed E-state index contributed by atoms with van der Waals surface area (Å²) in [7, 11) is -3.48. The molecule has 6 amide bonds. The Labute approximate surface area is 318 Å². The van der Waals surface area contributed by atoms with Gasteiger partial charge in [0.05, 0.1) is 44.1 Å². The number of aromatic nitrogens is 5. The number of unbranched alkanes of at least 4 members (excludes halogenated alkanes) is 1. The van der Waals surface area contributed by atoms with Crippen LogP contribution in [0.25, 0.3) is 0 Å². The highest BCUT2D eigenvalue weighted by atomic mass is 32.2. The molecule has 0 radical (unpaired) electrons. The molecule has 21 nitrogen and oxygen atoms in total. The summed E-state index contributed by atoms with van der Waals surface area (Å²) in [4.78, 5) is 79.0. The van der Waals surface area contributed by atoms with Crippen LogP contribution in [-0.4, -0.2) is 127 Å². The van der Waals surface area contributed by atoms with Crippen LogP contribution in [0, 0.1) is 17.8 Å². The van der Waals surface area contributed by atoms with Crippen LogP contribution in [-0.2, 0) is 56.4 Å². The van der Waals surface area contributed by atoms with Gasteiger partial charge < -0.3 is 46.6 Å². The number of amides is 6. The zero-order valence-corrected chi connectivity index (χ0v) is 31.9.